The van der Waals surface area contributed by atoms with Gasteiger partial charge in [-0.15, -0.1) is 5.92 Å². The Labute approximate surface area is 102 Å². The van der Waals surface area contributed by atoms with E-state index in [4.69, 9.17) is 13.8 Å². The molecule has 0 aliphatic heterocycles. The summed E-state index contributed by atoms with van der Waals surface area (Å²) in [5, 5.41) is 0. The highest BCUT2D eigenvalue weighted by Gasteiger charge is 2.29. The van der Waals surface area contributed by atoms with Gasteiger partial charge in [-0.05, 0) is 27.7 Å². The molecule has 0 aromatic rings. The van der Waals surface area contributed by atoms with E-state index in [0.29, 0.717) is 0 Å². The van der Waals surface area contributed by atoms with Gasteiger partial charge in [-0.1, -0.05) is 5.92 Å². The topological polar surface area (TPSA) is 61.8 Å². The largest absolute Gasteiger partial charge is 0.449 e. The van der Waals surface area contributed by atoms with Gasteiger partial charge < -0.3 is 13.8 Å². The second kappa shape index (κ2) is 8.30. The van der Waals surface area contributed by atoms with Gasteiger partial charge in [0, 0.05) is 0 Å². The normalized spacial score (nSPS) is 12.5. The van der Waals surface area contributed by atoms with Crippen molar-refractivity contribution in [3.63, 3.8) is 0 Å². The molecular formula is C11H19O5P. The van der Waals surface area contributed by atoms with Crippen molar-refractivity contribution in [1.82, 2.24) is 0 Å². The molecule has 0 spiro atoms. The fraction of sp³-hybridized carbons (Fsp3) is 0.727. The lowest BCUT2D eigenvalue weighted by atomic mass is 10.4. The van der Waals surface area contributed by atoms with Crippen LogP contribution >= 0.6 is 7.60 Å². The summed E-state index contributed by atoms with van der Waals surface area (Å²) in [6, 6.07) is 0. The molecule has 0 rings (SSSR count). The monoisotopic (exact) mass is 262 g/mol. The van der Waals surface area contributed by atoms with E-state index in [1.807, 2.05) is 0 Å². The number of esters is 1. The predicted octanol–water partition coefficient (Wildman–Crippen LogP) is 2.21. The van der Waals surface area contributed by atoms with Crippen molar-refractivity contribution < 1.29 is 23.1 Å². The second-order valence-electron chi connectivity index (χ2n) is 3.13. The van der Waals surface area contributed by atoms with Crippen LogP contribution in [0.1, 0.15) is 27.7 Å². The van der Waals surface area contributed by atoms with Gasteiger partial charge in [-0.25, -0.2) is 0 Å². The molecular weight excluding hydrogens is 243 g/mol. The van der Waals surface area contributed by atoms with Crippen molar-refractivity contribution in [3.8, 4) is 11.8 Å². The van der Waals surface area contributed by atoms with Gasteiger partial charge in [-0.3, -0.25) is 9.36 Å². The third-order valence-electron chi connectivity index (χ3n) is 1.63. The molecule has 1 atom stereocenters. The van der Waals surface area contributed by atoms with Gasteiger partial charge in [0.25, 0.3) is 0 Å². The number of hydrogen-bond donors (Lipinski definition) is 0. The summed E-state index contributed by atoms with van der Waals surface area (Å²) in [4.78, 5) is 11.5. The van der Waals surface area contributed by atoms with Crippen LogP contribution in [0.4, 0.5) is 0 Å². The highest BCUT2D eigenvalue weighted by Crippen LogP contribution is 2.47. The van der Waals surface area contributed by atoms with E-state index in [0.717, 1.165) is 0 Å². The van der Waals surface area contributed by atoms with Crippen LogP contribution < -0.4 is 0 Å². The van der Waals surface area contributed by atoms with Crippen molar-refractivity contribution in [2.45, 2.75) is 33.8 Å². The number of carbonyl (C=O) groups excluding carboxylic acids is 1. The van der Waals surface area contributed by atoms with Crippen LogP contribution in [0.2, 0.25) is 0 Å². The molecule has 0 heterocycles. The minimum atomic E-state index is -3.37. The van der Waals surface area contributed by atoms with Gasteiger partial charge >= 0.3 is 13.6 Å². The maximum atomic E-state index is 12.0. The smallest absolute Gasteiger partial charge is 0.341 e. The number of hydrogen-bond acceptors (Lipinski definition) is 5. The average molecular weight is 262 g/mol. The average Bonchev–Trinajstić information content (AvgIpc) is 2.17. The van der Waals surface area contributed by atoms with E-state index in [2.05, 4.69) is 11.8 Å². The van der Waals surface area contributed by atoms with Gasteiger partial charge in [0.15, 0.2) is 6.10 Å². The molecule has 0 aromatic heterocycles. The molecule has 0 amide bonds. The summed E-state index contributed by atoms with van der Waals surface area (Å²) in [5.41, 5.74) is 0. The zero-order valence-electron chi connectivity index (χ0n) is 10.7. The standard InChI is InChI=1S/C11H19O5P/c1-5-8-10(4)16-11(12)9-17(13,14-6-2)15-7-3/h10H,6-7,9H2,1-4H3. The Morgan fingerprint density at radius 2 is 1.82 bits per heavy atom. The molecule has 98 valence electrons. The van der Waals surface area contributed by atoms with Crippen LogP contribution in [-0.2, 0) is 23.1 Å². The van der Waals surface area contributed by atoms with Crippen molar-refractivity contribution in [2.75, 3.05) is 19.4 Å². The maximum Gasteiger partial charge on any atom is 0.341 e. The van der Waals surface area contributed by atoms with E-state index >= 15 is 0 Å². The van der Waals surface area contributed by atoms with Gasteiger partial charge in [0.1, 0.15) is 6.16 Å². The molecule has 1 unspecified atom stereocenters. The van der Waals surface area contributed by atoms with E-state index in [-0.39, 0.29) is 19.4 Å². The Balaban J connectivity index is 4.39. The molecule has 0 saturated heterocycles. The molecule has 0 radical (unpaired) electrons. The van der Waals surface area contributed by atoms with E-state index < -0.39 is 19.7 Å². The summed E-state index contributed by atoms with van der Waals surface area (Å²) >= 11 is 0. The Kier molecular flexibility index (Phi) is 7.90. The van der Waals surface area contributed by atoms with E-state index in [1.54, 1.807) is 27.7 Å². The molecule has 0 aliphatic carbocycles. The Morgan fingerprint density at radius 1 is 1.29 bits per heavy atom. The highest BCUT2D eigenvalue weighted by atomic mass is 31.2. The summed E-state index contributed by atoms with van der Waals surface area (Å²) in [6.45, 7) is 7.09. The van der Waals surface area contributed by atoms with Crippen LogP contribution in [-0.4, -0.2) is 31.4 Å². The SMILES string of the molecule is CC#CC(C)OC(=O)CP(=O)(OCC)OCC. The summed E-state index contributed by atoms with van der Waals surface area (Å²) in [5.74, 6) is 4.66. The first kappa shape index (κ1) is 16.2. The van der Waals surface area contributed by atoms with E-state index in [1.165, 1.54) is 0 Å². The number of ether oxygens (including phenoxy) is 1. The zero-order valence-corrected chi connectivity index (χ0v) is 11.6. The Morgan fingerprint density at radius 3 is 2.24 bits per heavy atom. The van der Waals surface area contributed by atoms with E-state index in [9.17, 15) is 9.36 Å². The molecule has 17 heavy (non-hydrogen) atoms. The van der Waals surface area contributed by atoms with Crippen LogP contribution in [0.25, 0.3) is 0 Å². The van der Waals surface area contributed by atoms with Crippen molar-refractivity contribution in [1.29, 1.82) is 0 Å². The first-order valence-corrected chi connectivity index (χ1v) is 7.20. The van der Waals surface area contributed by atoms with Gasteiger partial charge in [0.05, 0.1) is 13.2 Å². The fourth-order valence-electron chi connectivity index (χ4n) is 1.15. The fourth-order valence-corrected chi connectivity index (χ4v) is 2.58. The van der Waals surface area contributed by atoms with Crippen molar-refractivity contribution >= 4 is 13.6 Å². The highest BCUT2D eigenvalue weighted by molar-refractivity contribution is 7.54. The van der Waals surface area contributed by atoms with Crippen LogP contribution in [0.15, 0.2) is 0 Å². The molecule has 6 heteroatoms. The zero-order chi connectivity index (χ0) is 13.3. The molecule has 0 saturated carbocycles. The molecule has 0 fully saturated rings. The quantitative estimate of drug-likeness (QED) is 0.400. The van der Waals surface area contributed by atoms with Crippen molar-refractivity contribution in [3.05, 3.63) is 0 Å². The molecule has 5 nitrogen and oxygen atoms in total. The summed E-state index contributed by atoms with van der Waals surface area (Å²) in [7, 11) is -3.37. The first-order valence-electron chi connectivity index (χ1n) is 5.47. The van der Waals surface area contributed by atoms with Gasteiger partial charge in [-0.2, -0.15) is 0 Å². The number of rotatable bonds is 7. The molecule has 0 N–H and O–H groups in total. The molecule has 0 aliphatic rings. The molecule has 0 bridgehead atoms. The third-order valence-corrected chi connectivity index (χ3v) is 3.58. The molecule has 0 aromatic carbocycles. The van der Waals surface area contributed by atoms with Gasteiger partial charge in [0.2, 0.25) is 0 Å². The Hall–Kier alpha value is -0.820. The second-order valence-corrected chi connectivity index (χ2v) is 5.19. The Bertz CT molecular complexity index is 332. The summed E-state index contributed by atoms with van der Waals surface area (Å²) in [6.07, 6.45) is -0.908. The lowest BCUT2D eigenvalue weighted by Crippen LogP contribution is -2.18. The maximum absolute atomic E-state index is 12.0. The summed E-state index contributed by atoms with van der Waals surface area (Å²) < 4.78 is 26.9. The van der Waals surface area contributed by atoms with Crippen LogP contribution in [0, 0.1) is 11.8 Å². The first-order chi connectivity index (χ1) is 7.97. The third kappa shape index (κ3) is 7.17. The van der Waals surface area contributed by atoms with Crippen molar-refractivity contribution in [2.24, 2.45) is 0 Å². The minimum Gasteiger partial charge on any atom is -0.449 e. The lowest BCUT2D eigenvalue weighted by Gasteiger charge is -2.16. The predicted molar refractivity (Wildman–Crippen MR) is 64.7 cm³/mol. The van der Waals surface area contributed by atoms with Crippen LogP contribution in [0.5, 0.6) is 0 Å². The lowest BCUT2D eigenvalue weighted by molar-refractivity contribution is -0.142. The minimum absolute atomic E-state index is 0.217. The number of carbonyl (C=O) groups is 1. The van der Waals surface area contributed by atoms with Crippen LogP contribution in [0.3, 0.4) is 0 Å².